The highest BCUT2D eigenvalue weighted by Gasteiger charge is 2.31. The van der Waals surface area contributed by atoms with Crippen LogP contribution < -0.4 is 5.32 Å². The molecular formula is C12H25NO. The molecule has 3 unspecified atom stereocenters. The predicted molar refractivity (Wildman–Crippen MR) is 60.5 cm³/mol. The third kappa shape index (κ3) is 3.58. The van der Waals surface area contributed by atoms with E-state index in [1.165, 1.54) is 19.3 Å². The smallest absolute Gasteiger partial charge is 0.0737 e. The summed E-state index contributed by atoms with van der Waals surface area (Å²) in [7, 11) is 2.04. The Morgan fingerprint density at radius 3 is 2.36 bits per heavy atom. The summed E-state index contributed by atoms with van der Waals surface area (Å²) in [6, 6.07) is 0.547. The third-order valence-electron chi connectivity index (χ3n) is 2.93. The maximum absolute atomic E-state index is 6.09. The van der Waals surface area contributed by atoms with Crippen LogP contribution in [0.5, 0.6) is 0 Å². The SMILES string of the molecule is CNC1CCC(C)CC1OC(C)(C)C. The maximum Gasteiger partial charge on any atom is 0.0737 e. The Labute approximate surface area is 88.4 Å². The molecule has 2 heteroatoms. The molecule has 1 N–H and O–H groups in total. The maximum atomic E-state index is 6.09. The first-order valence-corrected chi connectivity index (χ1v) is 5.77. The highest BCUT2D eigenvalue weighted by Crippen LogP contribution is 2.28. The Kier molecular flexibility index (Phi) is 3.96. The van der Waals surface area contributed by atoms with Crippen molar-refractivity contribution in [3.05, 3.63) is 0 Å². The van der Waals surface area contributed by atoms with Crippen molar-refractivity contribution in [2.75, 3.05) is 7.05 Å². The minimum absolute atomic E-state index is 0.0170. The van der Waals surface area contributed by atoms with Crippen LogP contribution in [0.4, 0.5) is 0 Å². The second-order valence-electron chi connectivity index (χ2n) is 5.58. The van der Waals surface area contributed by atoms with Gasteiger partial charge in [-0.05, 0) is 53.0 Å². The van der Waals surface area contributed by atoms with E-state index in [1.807, 2.05) is 7.05 Å². The molecule has 0 aromatic carbocycles. The van der Waals surface area contributed by atoms with Gasteiger partial charge in [-0.1, -0.05) is 6.92 Å². The Bertz CT molecular complexity index is 174. The molecule has 0 heterocycles. The van der Waals surface area contributed by atoms with Gasteiger partial charge in [0.15, 0.2) is 0 Å². The molecule has 1 rings (SSSR count). The summed E-state index contributed by atoms with van der Waals surface area (Å²) in [6.45, 7) is 8.74. The van der Waals surface area contributed by atoms with E-state index in [2.05, 4.69) is 33.0 Å². The Balaban J connectivity index is 2.53. The first-order chi connectivity index (χ1) is 6.42. The number of ether oxygens (including phenoxy) is 1. The highest BCUT2D eigenvalue weighted by atomic mass is 16.5. The first-order valence-electron chi connectivity index (χ1n) is 5.77. The summed E-state index contributed by atoms with van der Waals surface area (Å²) >= 11 is 0. The van der Waals surface area contributed by atoms with Gasteiger partial charge in [0.2, 0.25) is 0 Å². The van der Waals surface area contributed by atoms with Gasteiger partial charge in [0.25, 0.3) is 0 Å². The lowest BCUT2D eigenvalue weighted by atomic mass is 9.84. The molecule has 0 aliphatic heterocycles. The van der Waals surface area contributed by atoms with Gasteiger partial charge < -0.3 is 10.1 Å². The molecular weight excluding hydrogens is 174 g/mol. The molecule has 0 aromatic rings. The van der Waals surface area contributed by atoms with Crippen molar-refractivity contribution in [1.29, 1.82) is 0 Å². The van der Waals surface area contributed by atoms with Gasteiger partial charge in [0.1, 0.15) is 0 Å². The molecule has 0 amide bonds. The molecule has 2 nitrogen and oxygen atoms in total. The van der Waals surface area contributed by atoms with Gasteiger partial charge >= 0.3 is 0 Å². The van der Waals surface area contributed by atoms with E-state index in [4.69, 9.17) is 4.74 Å². The second-order valence-corrected chi connectivity index (χ2v) is 5.58. The molecule has 0 bridgehead atoms. The van der Waals surface area contributed by atoms with Gasteiger partial charge in [-0.3, -0.25) is 0 Å². The van der Waals surface area contributed by atoms with Gasteiger partial charge in [0.05, 0.1) is 11.7 Å². The summed E-state index contributed by atoms with van der Waals surface area (Å²) in [4.78, 5) is 0. The lowest BCUT2D eigenvalue weighted by molar-refractivity contribution is -0.0930. The fourth-order valence-electron chi connectivity index (χ4n) is 2.24. The second kappa shape index (κ2) is 4.63. The molecule has 1 aliphatic carbocycles. The van der Waals surface area contributed by atoms with E-state index in [9.17, 15) is 0 Å². The number of hydrogen-bond donors (Lipinski definition) is 1. The number of hydrogen-bond acceptors (Lipinski definition) is 2. The molecule has 0 aromatic heterocycles. The zero-order valence-electron chi connectivity index (χ0n) is 10.3. The summed E-state index contributed by atoms with van der Waals surface area (Å²) in [5, 5.41) is 3.37. The first kappa shape index (κ1) is 12.0. The van der Waals surface area contributed by atoms with E-state index in [-0.39, 0.29) is 5.60 Å². The lowest BCUT2D eigenvalue weighted by Gasteiger charge is -2.38. The van der Waals surface area contributed by atoms with E-state index in [0.717, 1.165) is 5.92 Å². The predicted octanol–water partition coefficient (Wildman–Crippen LogP) is 2.58. The Morgan fingerprint density at radius 2 is 1.86 bits per heavy atom. The van der Waals surface area contributed by atoms with E-state index < -0.39 is 0 Å². The fourth-order valence-corrected chi connectivity index (χ4v) is 2.24. The standard InChI is InChI=1S/C12H25NO/c1-9-6-7-10(13-5)11(8-9)14-12(2,3)4/h9-11,13H,6-8H2,1-5H3. The fraction of sp³-hybridized carbons (Fsp3) is 1.00. The van der Waals surface area contributed by atoms with Crippen LogP contribution in [0.2, 0.25) is 0 Å². The van der Waals surface area contributed by atoms with Crippen molar-refractivity contribution in [2.45, 2.75) is 64.7 Å². The monoisotopic (exact) mass is 199 g/mol. The largest absolute Gasteiger partial charge is 0.371 e. The average molecular weight is 199 g/mol. The van der Waals surface area contributed by atoms with Gasteiger partial charge in [0, 0.05) is 6.04 Å². The quantitative estimate of drug-likeness (QED) is 0.738. The third-order valence-corrected chi connectivity index (χ3v) is 2.93. The molecule has 0 radical (unpaired) electrons. The van der Waals surface area contributed by atoms with Crippen LogP contribution in [0.15, 0.2) is 0 Å². The van der Waals surface area contributed by atoms with E-state index >= 15 is 0 Å². The molecule has 1 fully saturated rings. The van der Waals surface area contributed by atoms with Crippen molar-refractivity contribution in [3.63, 3.8) is 0 Å². The minimum Gasteiger partial charge on any atom is -0.371 e. The molecule has 14 heavy (non-hydrogen) atoms. The summed E-state index contributed by atoms with van der Waals surface area (Å²) in [5.41, 5.74) is -0.0170. The van der Waals surface area contributed by atoms with Crippen molar-refractivity contribution >= 4 is 0 Å². The highest BCUT2D eigenvalue weighted by molar-refractivity contribution is 4.85. The van der Waals surface area contributed by atoms with Crippen molar-refractivity contribution < 1.29 is 4.74 Å². The molecule has 1 aliphatic rings. The zero-order valence-corrected chi connectivity index (χ0v) is 10.3. The van der Waals surface area contributed by atoms with Crippen LogP contribution in [-0.4, -0.2) is 24.8 Å². The topological polar surface area (TPSA) is 21.3 Å². The van der Waals surface area contributed by atoms with Gasteiger partial charge in [-0.15, -0.1) is 0 Å². The Morgan fingerprint density at radius 1 is 1.21 bits per heavy atom. The zero-order chi connectivity index (χ0) is 10.8. The average Bonchev–Trinajstić information content (AvgIpc) is 2.01. The number of likely N-dealkylation sites (N-methyl/N-ethyl adjacent to an activating group) is 1. The normalized spacial score (nSPS) is 34.5. The van der Waals surface area contributed by atoms with E-state index in [0.29, 0.717) is 12.1 Å². The molecule has 3 atom stereocenters. The summed E-state index contributed by atoms with van der Waals surface area (Å²) in [6.07, 6.45) is 4.17. The van der Waals surface area contributed by atoms with E-state index in [1.54, 1.807) is 0 Å². The molecule has 0 saturated heterocycles. The minimum atomic E-state index is -0.0170. The van der Waals surface area contributed by atoms with Crippen LogP contribution >= 0.6 is 0 Å². The Hall–Kier alpha value is -0.0800. The van der Waals surface area contributed by atoms with Gasteiger partial charge in [-0.25, -0.2) is 0 Å². The number of nitrogens with one attached hydrogen (secondary N) is 1. The van der Waals surface area contributed by atoms with Crippen molar-refractivity contribution in [1.82, 2.24) is 5.32 Å². The molecule has 84 valence electrons. The summed E-state index contributed by atoms with van der Waals surface area (Å²) in [5.74, 6) is 0.812. The van der Waals surface area contributed by atoms with Gasteiger partial charge in [-0.2, -0.15) is 0 Å². The van der Waals surface area contributed by atoms with Crippen molar-refractivity contribution in [2.24, 2.45) is 5.92 Å². The van der Waals surface area contributed by atoms with Crippen LogP contribution in [0, 0.1) is 5.92 Å². The van der Waals surface area contributed by atoms with Crippen LogP contribution in [0.1, 0.15) is 47.0 Å². The van der Waals surface area contributed by atoms with Crippen LogP contribution in [-0.2, 0) is 4.74 Å². The molecule has 1 saturated carbocycles. The lowest BCUT2D eigenvalue weighted by Crippen LogP contribution is -2.46. The summed E-state index contributed by atoms with van der Waals surface area (Å²) < 4.78 is 6.09. The van der Waals surface area contributed by atoms with Crippen molar-refractivity contribution in [3.8, 4) is 0 Å². The molecule has 0 spiro atoms. The van der Waals surface area contributed by atoms with Crippen LogP contribution in [0.25, 0.3) is 0 Å². The number of rotatable bonds is 2. The van der Waals surface area contributed by atoms with Crippen LogP contribution in [0.3, 0.4) is 0 Å².